The maximum absolute atomic E-state index is 11.9. The summed E-state index contributed by atoms with van der Waals surface area (Å²) in [5.41, 5.74) is 0. The molecule has 0 aromatic rings. The van der Waals surface area contributed by atoms with Crippen LogP contribution in [0.1, 0.15) is 6.42 Å². The van der Waals surface area contributed by atoms with Crippen LogP contribution in [0.3, 0.4) is 0 Å². The minimum atomic E-state index is -0.490. The molecular weight excluding hydrogens is 161 g/mol. The monoisotopic (exact) mass is 177 g/mol. The number of piperidine rings is 1. The van der Waals surface area contributed by atoms with Crippen LogP contribution in [0.15, 0.2) is 0 Å². The molecule has 1 aliphatic rings. The fourth-order valence-corrected chi connectivity index (χ4v) is 1.58. The molecule has 2 N–H and O–H groups in total. The molecule has 3 nitrogen and oxygen atoms in total. The fraction of sp³-hybridized carbons (Fsp3) is 1.00. The minimum Gasteiger partial charge on any atom is -0.396 e. The van der Waals surface area contributed by atoms with Gasteiger partial charge in [0.25, 0.3) is 0 Å². The molecule has 0 aliphatic carbocycles. The van der Waals surface area contributed by atoms with E-state index in [4.69, 9.17) is 5.11 Å². The fourth-order valence-electron chi connectivity index (χ4n) is 1.58. The lowest BCUT2D eigenvalue weighted by Gasteiger charge is -2.34. The first kappa shape index (κ1) is 9.89. The molecule has 1 aliphatic heterocycles. The molecule has 0 radical (unpaired) electrons. The summed E-state index contributed by atoms with van der Waals surface area (Å²) in [5.74, 6) is -0.0131. The molecule has 0 amide bonds. The summed E-state index contributed by atoms with van der Waals surface area (Å²) in [6.07, 6.45) is 0.271. The highest BCUT2D eigenvalue weighted by molar-refractivity contribution is 4.79. The van der Waals surface area contributed by atoms with E-state index in [0.29, 0.717) is 13.1 Å². The molecule has 4 heteroatoms. The Morgan fingerprint density at radius 1 is 1.50 bits per heavy atom. The van der Waals surface area contributed by atoms with Crippen molar-refractivity contribution in [1.29, 1.82) is 0 Å². The number of aliphatic hydroxyl groups excluding tert-OH is 2. The SMILES string of the molecule is OCC1CCN(CCF)CC1O. The van der Waals surface area contributed by atoms with E-state index < -0.39 is 6.10 Å². The molecule has 1 heterocycles. The van der Waals surface area contributed by atoms with Crippen molar-refractivity contribution in [2.45, 2.75) is 12.5 Å². The zero-order valence-electron chi connectivity index (χ0n) is 7.12. The Balaban J connectivity index is 2.30. The highest BCUT2D eigenvalue weighted by Gasteiger charge is 2.26. The highest BCUT2D eigenvalue weighted by atomic mass is 19.1. The van der Waals surface area contributed by atoms with Gasteiger partial charge in [-0.15, -0.1) is 0 Å². The Morgan fingerprint density at radius 2 is 2.25 bits per heavy atom. The van der Waals surface area contributed by atoms with Crippen LogP contribution >= 0.6 is 0 Å². The van der Waals surface area contributed by atoms with E-state index >= 15 is 0 Å². The quantitative estimate of drug-likeness (QED) is 0.618. The van der Waals surface area contributed by atoms with Gasteiger partial charge in [-0.1, -0.05) is 0 Å². The number of likely N-dealkylation sites (tertiary alicyclic amines) is 1. The Hall–Kier alpha value is -0.190. The molecule has 0 aromatic heterocycles. The molecule has 1 rings (SSSR count). The minimum absolute atomic E-state index is 0.0131. The summed E-state index contributed by atoms with van der Waals surface area (Å²) in [4.78, 5) is 1.89. The van der Waals surface area contributed by atoms with Crippen LogP contribution < -0.4 is 0 Å². The normalized spacial score (nSPS) is 32.2. The zero-order valence-corrected chi connectivity index (χ0v) is 7.12. The second-order valence-corrected chi connectivity index (χ2v) is 3.29. The molecule has 0 bridgehead atoms. The van der Waals surface area contributed by atoms with Crippen molar-refractivity contribution >= 4 is 0 Å². The van der Waals surface area contributed by atoms with Gasteiger partial charge in [0.15, 0.2) is 0 Å². The van der Waals surface area contributed by atoms with E-state index in [9.17, 15) is 9.50 Å². The van der Waals surface area contributed by atoms with Crippen LogP contribution in [-0.2, 0) is 0 Å². The van der Waals surface area contributed by atoms with E-state index in [1.165, 1.54) is 0 Å². The molecule has 2 unspecified atom stereocenters. The maximum Gasteiger partial charge on any atom is 0.102 e. The molecule has 0 aromatic carbocycles. The Labute approximate surface area is 71.8 Å². The van der Waals surface area contributed by atoms with E-state index in [0.717, 1.165) is 13.0 Å². The van der Waals surface area contributed by atoms with Gasteiger partial charge in [-0.2, -0.15) is 0 Å². The molecule has 0 spiro atoms. The second-order valence-electron chi connectivity index (χ2n) is 3.29. The summed E-state index contributed by atoms with van der Waals surface area (Å²) < 4.78 is 11.9. The maximum atomic E-state index is 11.9. The molecule has 2 atom stereocenters. The van der Waals surface area contributed by atoms with Crippen LogP contribution in [0.4, 0.5) is 4.39 Å². The second kappa shape index (κ2) is 4.74. The largest absolute Gasteiger partial charge is 0.396 e. The van der Waals surface area contributed by atoms with Crippen molar-refractivity contribution in [3.63, 3.8) is 0 Å². The van der Waals surface area contributed by atoms with Crippen LogP contribution in [-0.4, -0.2) is 54.1 Å². The lowest BCUT2D eigenvalue weighted by Crippen LogP contribution is -2.45. The van der Waals surface area contributed by atoms with Crippen LogP contribution in [0.25, 0.3) is 0 Å². The van der Waals surface area contributed by atoms with Gasteiger partial charge in [0.05, 0.1) is 6.10 Å². The Bertz CT molecular complexity index is 134. The van der Waals surface area contributed by atoms with E-state index in [1.54, 1.807) is 0 Å². The highest BCUT2D eigenvalue weighted by Crippen LogP contribution is 2.16. The number of halogens is 1. The summed E-state index contributed by atoms with van der Waals surface area (Å²) >= 11 is 0. The van der Waals surface area contributed by atoms with Crippen molar-refractivity contribution in [1.82, 2.24) is 4.90 Å². The van der Waals surface area contributed by atoms with Crippen LogP contribution in [0, 0.1) is 5.92 Å². The first-order valence-corrected chi connectivity index (χ1v) is 4.35. The van der Waals surface area contributed by atoms with Crippen molar-refractivity contribution in [2.24, 2.45) is 5.92 Å². The first-order chi connectivity index (χ1) is 5.77. The number of β-amino-alcohol motifs (C(OH)–C–C–N with tert-alkyl or cyclic N) is 1. The number of aliphatic hydroxyl groups is 2. The van der Waals surface area contributed by atoms with E-state index in [2.05, 4.69) is 0 Å². The van der Waals surface area contributed by atoms with Crippen LogP contribution in [0.2, 0.25) is 0 Å². The van der Waals surface area contributed by atoms with Gasteiger partial charge in [-0.3, -0.25) is 4.90 Å². The third kappa shape index (κ3) is 2.40. The molecular formula is C8H16FNO2. The van der Waals surface area contributed by atoms with Crippen molar-refractivity contribution in [2.75, 3.05) is 32.9 Å². The summed E-state index contributed by atoms with van der Waals surface area (Å²) in [7, 11) is 0. The van der Waals surface area contributed by atoms with Crippen molar-refractivity contribution in [3.8, 4) is 0 Å². The smallest absolute Gasteiger partial charge is 0.102 e. The van der Waals surface area contributed by atoms with Gasteiger partial charge in [0.1, 0.15) is 6.67 Å². The van der Waals surface area contributed by atoms with Gasteiger partial charge in [0.2, 0.25) is 0 Å². The third-order valence-corrected chi connectivity index (χ3v) is 2.44. The number of alkyl halides is 1. The van der Waals surface area contributed by atoms with Gasteiger partial charge in [-0.25, -0.2) is 4.39 Å². The molecule has 12 heavy (non-hydrogen) atoms. The molecule has 72 valence electrons. The number of rotatable bonds is 3. The molecule has 1 saturated heterocycles. The van der Waals surface area contributed by atoms with E-state index in [1.807, 2.05) is 4.90 Å². The summed E-state index contributed by atoms with van der Waals surface area (Å²) in [6.45, 7) is 1.34. The third-order valence-electron chi connectivity index (χ3n) is 2.44. The number of hydrogen-bond donors (Lipinski definition) is 2. The Kier molecular flexibility index (Phi) is 3.91. The first-order valence-electron chi connectivity index (χ1n) is 4.35. The zero-order chi connectivity index (χ0) is 8.97. The van der Waals surface area contributed by atoms with E-state index in [-0.39, 0.29) is 19.2 Å². The number of nitrogens with zero attached hydrogens (tertiary/aromatic N) is 1. The summed E-state index contributed by atoms with van der Waals surface area (Å²) in [5, 5.41) is 18.3. The predicted molar refractivity (Wildman–Crippen MR) is 43.6 cm³/mol. The van der Waals surface area contributed by atoms with Gasteiger partial charge in [0, 0.05) is 25.6 Å². The van der Waals surface area contributed by atoms with Gasteiger partial charge < -0.3 is 10.2 Å². The average molecular weight is 177 g/mol. The lowest BCUT2D eigenvalue weighted by molar-refractivity contribution is -0.00313. The number of hydrogen-bond acceptors (Lipinski definition) is 3. The van der Waals surface area contributed by atoms with Crippen molar-refractivity contribution < 1.29 is 14.6 Å². The summed E-state index contributed by atoms with van der Waals surface area (Å²) in [6, 6.07) is 0. The van der Waals surface area contributed by atoms with Gasteiger partial charge >= 0.3 is 0 Å². The Morgan fingerprint density at radius 3 is 2.75 bits per heavy atom. The standard InChI is InChI=1S/C8H16FNO2/c9-2-4-10-3-1-7(6-11)8(12)5-10/h7-8,11-12H,1-6H2. The lowest BCUT2D eigenvalue weighted by atomic mass is 9.95. The molecule has 1 fully saturated rings. The van der Waals surface area contributed by atoms with Crippen molar-refractivity contribution in [3.05, 3.63) is 0 Å². The predicted octanol–water partition coefficient (Wildman–Crippen LogP) is -0.369. The average Bonchev–Trinajstić information content (AvgIpc) is 2.05. The topological polar surface area (TPSA) is 43.7 Å². The van der Waals surface area contributed by atoms with Gasteiger partial charge in [-0.05, 0) is 13.0 Å². The van der Waals surface area contributed by atoms with Crippen LogP contribution in [0.5, 0.6) is 0 Å². The molecule has 0 saturated carbocycles.